The largest absolute Gasteiger partial charge is 0.355 e. The fraction of sp³-hybridized carbons (Fsp3) is 0.500. The third-order valence-electron chi connectivity index (χ3n) is 6.83. The second kappa shape index (κ2) is 9.01. The Bertz CT molecular complexity index is 1420. The third kappa shape index (κ3) is 4.65. The van der Waals surface area contributed by atoms with Gasteiger partial charge >= 0.3 is 0 Å². The van der Waals surface area contributed by atoms with E-state index in [-0.39, 0.29) is 23.0 Å². The van der Waals surface area contributed by atoms with Crippen LogP contribution in [0.1, 0.15) is 37.8 Å². The average Bonchev–Trinajstić information content (AvgIpc) is 3.26. The summed E-state index contributed by atoms with van der Waals surface area (Å²) in [6, 6.07) is 3.30. The predicted octanol–water partition coefficient (Wildman–Crippen LogP) is 2.87. The standard InChI is InChI=1S/C24H28N4O4S3/c1-14-4-5-20-25-21(26-10-15(2)8-16(3)11-26)18(22(29)27(20)12-14)9-19-23(30)28(24(33)34-19)17-6-7-35(31,32)13-17/h4-5,9,12,15-17H,6-8,10-11,13H2,1-3H3/b19-9+. The minimum Gasteiger partial charge on any atom is -0.355 e. The Morgan fingerprint density at radius 1 is 1.17 bits per heavy atom. The van der Waals surface area contributed by atoms with E-state index in [0.717, 1.165) is 36.8 Å². The molecular weight excluding hydrogens is 504 g/mol. The maximum absolute atomic E-state index is 13.7. The first-order valence-electron chi connectivity index (χ1n) is 11.8. The summed E-state index contributed by atoms with van der Waals surface area (Å²) in [7, 11) is -3.18. The van der Waals surface area contributed by atoms with Gasteiger partial charge in [0.25, 0.3) is 11.5 Å². The number of fused-ring (bicyclic) bond motifs is 1. The fourth-order valence-corrected chi connectivity index (χ4v) is 8.44. The van der Waals surface area contributed by atoms with Crippen LogP contribution in [0.15, 0.2) is 28.0 Å². The van der Waals surface area contributed by atoms with Gasteiger partial charge in [0.15, 0.2) is 9.84 Å². The summed E-state index contributed by atoms with van der Waals surface area (Å²) in [5, 5.41) is 0. The van der Waals surface area contributed by atoms with Crippen molar-refractivity contribution in [2.45, 2.75) is 39.7 Å². The molecular formula is C24H28N4O4S3. The molecule has 2 aromatic rings. The van der Waals surface area contributed by atoms with Gasteiger partial charge in [-0.1, -0.05) is 43.9 Å². The van der Waals surface area contributed by atoms with Gasteiger partial charge in [-0.2, -0.15) is 0 Å². The van der Waals surface area contributed by atoms with Gasteiger partial charge in [-0.15, -0.1) is 0 Å². The van der Waals surface area contributed by atoms with Crippen molar-refractivity contribution in [2.75, 3.05) is 29.5 Å². The molecule has 35 heavy (non-hydrogen) atoms. The van der Waals surface area contributed by atoms with Gasteiger partial charge in [0, 0.05) is 19.3 Å². The Labute approximate surface area is 214 Å². The maximum atomic E-state index is 13.7. The zero-order valence-corrected chi connectivity index (χ0v) is 22.4. The van der Waals surface area contributed by atoms with Crippen LogP contribution < -0.4 is 10.5 Å². The highest BCUT2D eigenvalue weighted by Crippen LogP contribution is 2.37. The Hall–Kier alpha value is -2.24. The van der Waals surface area contributed by atoms with Crippen LogP contribution in [0.5, 0.6) is 0 Å². The van der Waals surface area contributed by atoms with Gasteiger partial charge in [-0.25, -0.2) is 13.4 Å². The molecule has 2 aromatic heterocycles. The number of amides is 1. The molecule has 0 aliphatic carbocycles. The van der Waals surface area contributed by atoms with Crippen molar-refractivity contribution in [3.8, 4) is 0 Å². The van der Waals surface area contributed by atoms with Crippen LogP contribution in [0.25, 0.3) is 11.7 Å². The molecule has 0 bridgehead atoms. The molecule has 5 heterocycles. The number of carbonyl (C=O) groups is 1. The Morgan fingerprint density at radius 2 is 1.89 bits per heavy atom. The summed E-state index contributed by atoms with van der Waals surface area (Å²) in [6.07, 6.45) is 4.84. The molecule has 186 valence electrons. The van der Waals surface area contributed by atoms with Crippen LogP contribution in [0, 0.1) is 18.8 Å². The number of piperidine rings is 1. The lowest BCUT2D eigenvalue weighted by atomic mass is 9.91. The number of anilines is 1. The molecule has 3 unspecified atom stereocenters. The van der Waals surface area contributed by atoms with Crippen molar-refractivity contribution in [1.82, 2.24) is 14.3 Å². The second-order valence-electron chi connectivity index (χ2n) is 10.0. The average molecular weight is 533 g/mol. The highest BCUT2D eigenvalue weighted by atomic mass is 32.2. The van der Waals surface area contributed by atoms with Crippen LogP contribution in [-0.2, 0) is 14.6 Å². The van der Waals surface area contributed by atoms with E-state index in [2.05, 4.69) is 18.7 Å². The Balaban J connectivity index is 1.61. The smallest absolute Gasteiger partial charge is 0.267 e. The first-order valence-corrected chi connectivity index (χ1v) is 14.8. The molecule has 5 rings (SSSR count). The molecule has 3 atom stereocenters. The van der Waals surface area contributed by atoms with E-state index in [1.807, 2.05) is 19.1 Å². The van der Waals surface area contributed by atoms with Crippen molar-refractivity contribution < 1.29 is 13.2 Å². The number of rotatable bonds is 3. The molecule has 3 aliphatic rings. The van der Waals surface area contributed by atoms with E-state index >= 15 is 0 Å². The number of hydrogen-bond acceptors (Lipinski definition) is 8. The van der Waals surface area contributed by atoms with Gasteiger partial charge in [-0.3, -0.25) is 18.9 Å². The fourth-order valence-electron chi connectivity index (χ4n) is 5.35. The molecule has 3 fully saturated rings. The van der Waals surface area contributed by atoms with E-state index < -0.39 is 15.9 Å². The summed E-state index contributed by atoms with van der Waals surface area (Å²) in [5.41, 5.74) is 1.60. The number of nitrogens with zero attached hydrogens (tertiary/aromatic N) is 4. The molecule has 0 spiro atoms. The second-order valence-corrected chi connectivity index (χ2v) is 14.0. The van der Waals surface area contributed by atoms with Gasteiger partial charge in [0.1, 0.15) is 15.8 Å². The van der Waals surface area contributed by atoms with Crippen LogP contribution in [0.4, 0.5) is 5.82 Å². The molecule has 11 heteroatoms. The quantitative estimate of drug-likeness (QED) is 0.440. The molecule has 0 saturated carbocycles. The van der Waals surface area contributed by atoms with E-state index in [1.54, 1.807) is 12.3 Å². The third-order valence-corrected chi connectivity index (χ3v) is 9.91. The van der Waals surface area contributed by atoms with Crippen molar-refractivity contribution in [3.63, 3.8) is 0 Å². The topological polar surface area (TPSA) is 92.1 Å². The summed E-state index contributed by atoms with van der Waals surface area (Å²) < 4.78 is 25.8. The minimum atomic E-state index is -3.18. The number of aryl methyl sites for hydroxylation is 1. The van der Waals surface area contributed by atoms with Crippen molar-refractivity contribution >= 4 is 61.6 Å². The van der Waals surface area contributed by atoms with E-state index in [4.69, 9.17) is 17.2 Å². The zero-order valence-electron chi connectivity index (χ0n) is 19.9. The lowest BCUT2D eigenvalue weighted by molar-refractivity contribution is -0.123. The number of hydrogen-bond donors (Lipinski definition) is 0. The summed E-state index contributed by atoms with van der Waals surface area (Å²) in [4.78, 5) is 35.8. The van der Waals surface area contributed by atoms with Crippen molar-refractivity contribution in [1.29, 1.82) is 0 Å². The normalized spacial score (nSPS) is 28.0. The number of carbonyl (C=O) groups excluding carboxylic acids is 1. The van der Waals surface area contributed by atoms with E-state index in [1.165, 1.54) is 9.30 Å². The van der Waals surface area contributed by atoms with Crippen LogP contribution in [0.2, 0.25) is 0 Å². The molecule has 0 aromatic carbocycles. The molecule has 3 aliphatic heterocycles. The molecule has 8 nitrogen and oxygen atoms in total. The predicted molar refractivity (Wildman–Crippen MR) is 143 cm³/mol. The van der Waals surface area contributed by atoms with E-state index in [9.17, 15) is 18.0 Å². The first-order chi connectivity index (χ1) is 16.5. The number of sulfone groups is 1. The van der Waals surface area contributed by atoms with Crippen LogP contribution in [-0.4, -0.2) is 63.6 Å². The Morgan fingerprint density at radius 3 is 2.54 bits per heavy atom. The minimum absolute atomic E-state index is 0.0541. The Kier molecular flexibility index (Phi) is 6.29. The molecule has 0 N–H and O–H groups in total. The molecule has 3 saturated heterocycles. The lowest BCUT2D eigenvalue weighted by Gasteiger charge is -2.36. The molecule has 0 radical (unpaired) electrons. The monoisotopic (exact) mass is 532 g/mol. The van der Waals surface area contributed by atoms with Gasteiger partial charge in [0.05, 0.1) is 28.0 Å². The van der Waals surface area contributed by atoms with Gasteiger partial charge in [0.2, 0.25) is 0 Å². The zero-order chi connectivity index (χ0) is 25.1. The van der Waals surface area contributed by atoms with Gasteiger partial charge in [-0.05, 0) is 49.3 Å². The highest BCUT2D eigenvalue weighted by Gasteiger charge is 2.42. The summed E-state index contributed by atoms with van der Waals surface area (Å²) in [5.74, 6) is 1.10. The number of aromatic nitrogens is 2. The SMILES string of the molecule is Cc1ccc2nc(N3CC(C)CC(C)C3)c(/C=C3/SC(=S)N(C4CCS(=O)(=O)C4)C3=O)c(=O)n2c1. The van der Waals surface area contributed by atoms with E-state index in [0.29, 0.717) is 44.5 Å². The number of thiocarbonyl (C=S) groups is 1. The maximum Gasteiger partial charge on any atom is 0.267 e. The van der Waals surface area contributed by atoms with Crippen LogP contribution >= 0.6 is 24.0 Å². The lowest BCUT2D eigenvalue weighted by Crippen LogP contribution is -2.41. The van der Waals surface area contributed by atoms with Gasteiger partial charge < -0.3 is 4.90 Å². The van der Waals surface area contributed by atoms with Crippen molar-refractivity contribution in [3.05, 3.63) is 44.7 Å². The van der Waals surface area contributed by atoms with Crippen LogP contribution in [0.3, 0.4) is 0 Å². The molecule has 1 amide bonds. The summed E-state index contributed by atoms with van der Waals surface area (Å²) >= 11 is 6.58. The summed E-state index contributed by atoms with van der Waals surface area (Å²) in [6.45, 7) is 7.86. The number of thioether (sulfide) groups is 1. The number of pyridine rings is 1. The van der Waals surface area contributed by atoms with Crippen molar-refractivity contribution in [2.24, 2.45) is 11.8 Å². The first kappa shape index (κ1) is 24.5. The highest BCUT2D eigenvalue weighted by molar-refractivity contribution is 8.26.